The van der Waals surface area contributed by atoms with Gasteiger partial charge in [0.25, 0.3) is 0 Å². The lowest BCUT2D eigenvalue weighted by atomic mass is 10.2. The molecule has 3 heteroatoms. The van der Waals surface area contributed by atoms with Gasteiger partial charge in [-0.2, -0.15) is 0 Å². The molecular formula is C11H12N2O. The fourth-order valence-corrected chi connectivity index (χ4v) is 1.77. The van der Waals surface area contributed by atoms with E-state index >= 15 is 0 Å². The number of aldehydes is 1. The molecule has 3 nitrogen and oxygen atoms in total. The van der Waals surface area contributed by atoms with Crippen LogP contribution in [-0.4, -0.2) is 15.7 Å². The second kappa shape index (κ2) is 2.94. The third kappa shape index (κ3) is 1.13. The van der Waals surface area contributed by atoms with Crippen LogP contribution in [0.5, 0.6) is 0 Å². The van der Waals surface area contributed by atoms with Gasteiger partial charge in [-0.05, 0) is 32.4 Å². The molecule has 0 aliphatic heterocycles. The summed E-state index contributed by atoms with van der Waals surface area (Å²) in [5, 5.41) is 0. The fraction of sp³-hybridized carbons (Fsp3) is 0.273. The molecule has 2 aromatic heterocycles. The largest absolute Gasteiger partial charge is 0.304 e. The topological polar surface area (TPSA) is 34.4 Å². The van der Waals surface area contributed by atoms with E-state index in [0.717, 1.165) is 34.4 Å². The summed E-state index contributed by atoms with van der Waals surface area (Å²) < 4.78 is 1.95. The Balaban J connectivity index is 2.94. The van der Waals surface area contributed by atoms with Gasteiger partial charge in [0, 0.05) is 17.5 Å². The van der Waals surface area contributed by atoms with E-state index in [1.54, 1.807) is 0 Å². The molecule has 0 aliphatic carbocycles. The van der Waals surface area contributed by atoms with E-state index in [2.05, 4.69) is 4.98 Å². The highest BCUT2D eigenvalue weighted by Gasteiger charge is 2.08. The average molecular weight is 188 g/mol. The highest BCUT2D eigenvalue weighted by atomic mass is 16.1. The minimum atomic E-state index is 0.763. The third-order valence-corrected chi connectivity index (χ3v) is 2.43. The SMILES string of the molecule is Cc1cc2c(C=O)c(C)cn2c(C)n1. The van der Waals surface area contributed by atoms with Crippen molar-refractivity contribution in [2.45, 2.75) is 20.8 Å². The van der Waals surface area contributed by atoms with Crippen molar-refractivity contribution >= 4 is 11.8 Å². The highest BCUT2D eigenvalue weighted by Crippen LogP contribution is 2.17. The first-order valence-electron chi connectivity index (χ1n) is 4.54. The highest BCUT2D eigenvalue weighted by molar-refractivity contribution is 5.88. The Bertz CT molecular complexity index is 511. The summed E-state index contributed by atoms with van der Waals surface area (Å²) in [6, 6.07) is 1.93. The summed E-state index contributed by atoms with van der Waals surface area (Å²) in [5.41, 5.74) is 3.65. The van der Waals surface area contributed by atoms with Crippen molar-refractivity contribution in [2.75, 3.05) is 0 Å². The van der Waals surface area contributed by atoms with Crippen LogP contribution in [0.3, 0.4) is 0 Å². The number of hydrogen-bond acceptors (Lipinski definition) is 2. The molecule has 72 valence electrons. The lowest BCUT2D eigenvalue weighted by molar-refractivity contribution is 0.112. The van der Waals surface area contributed by atoms with Gasteiger partial charge in [-0.15, -0.1) is 0 Å². The van der Waals surface area contributed by atoms with Crippen LogP contribution in [0.15, 0.2) is 12.3 Å². The van der Waals surface area contributed by atoms with Gasteiger partial charge < -0.3 is 4.40 Å². The predicted octanol–water partition coefficient (Wildman–Crippen LogP) is 2.07. The van der Waals surface area contributed by atoms with E-state index in [4.69, 9.17) is 0 Å². The molecule has 2 heterocycles. The molecule has 0 aliphatic rings. The molecule has 0 saturated carbocycles. The second-order valence-electron chi connectivity index (χ2n) is 3.54. The molecular weight excluding hydrogens is 176 g/mol. The van der Waals surface area contributed by atoms with E-state index in [-0.39, 0.29) is 0 Å². The lowest BCUT2D eigenvalue weighted by Gasteiger charge is -2.01. The summed E-state index contributed by atoms with van der Waals surface area (Å²) in [7, 11) is 0. The average Bonchev–Trinajstić information content (AvgIpc) is 2.41. The molecule has 0 fully saturated rings. The number of aromatic nitrogens is 2. The molecule has 0 bridgehead atoms. The van der Waals surface area contributed by atoms with Crippen molar-refractivity contribution in [1.82, 2.24) is 9.38 Å². The number of nitrogens with zero attached hydrogens (tertiary/aromatic N) is 2. The van der Waals surface area contributed by atoms with Gasteiger partial charge in [-0.25, -0.2) is 4.98 Å². The Morgan fingerprint density at radius 1 is 1.36 bits per heavy atom. The van der Waals surface area contributed by atoms with Crippen molar-refractivity contribution in [2.24, 2.45) is 0 Å². The van der Waals surface area contributed by atoms with Crippen LogP contribution in [0, 0.1) is 20.8 Å². The van der Waals surface area contributed by atoms with Gasteiger partial charge in [0.1, 0.15) is 5.82 Å². The van der Waals surface area contributed by atoms with Crippen LogP contribution < -0.4 is 0 Å². The number of fused-ring (bicyclic) bond motifs is 1. The summed E-state index contributed by atoms with van der Waals surface area (Å²) >= 11 is 0. The Morgan fingerprint density at radius 3 is 2.71 bits per heavy atom. The van der Waals surface area contributed by atoms with Crippen LogP contribution in [0.1, 0.15) is 27.4 Å². The third-order valence-electron chi connectivity index (χ3n) is 2.43. The van der Waals surface area contributed by atoms with E-state index in [9.17, 15) is 4.79 Å². The molecule has 0 unspecified atom stereocenters. The number of carbonyl (C=O) groups excluding carboxylic acids is 1. The van der Waals surface area contributed by atoms with E-state index in [0.29, 0.717) is 0 Å². The zero-order chi connectivity index (χ0) is 10.3. The van der Waals surface area contributed by atoms with Crippen molar-refractivity contribution in [3.8, 4) is 0 Å². The smallest absolute Gasteiger partial charge is 0.152 e. The van der Waals surface area contributed by atoms with E-state index in [1.165, 1.54) is 0 Å². The standard InChI is InChI=1S/C11H12N2O/c1-7-5-13-9(3)12-8(2)4-11(13)10(7)6-14/h4-6H,1-3H3. The first-order chi connectivity index (χ1) is 6.63. The molecule has 0 spiro atoms. The van der Waals surface area contributed by atoms with Crippen LogP contribution in [0.25, 0.3) is 5.52 Å². The Kier molecular flexibility index (Phi) is 1.88. The molecule has 2 rings (SSSR count). The van der Waals surface area contributed by atoms with Crippen LogP contribution in [-0.2, 0) is 0 Å². The maximum atomic E-state index is 10.9. The Hall–Kier alpha value is -1.64. The summed E-state index contributed by atoms with van der Waals surface area (Å²) in [6.45, 7) is 5.81. The van der Waals surface area contributed by atoms with Crippen molar-refractivity contribution in [1.29, 1.82) is 0 Å². The van der Waals surface area contributed by atoms with Gasteiger partial charge in [-0.3, -0.25) is 4.79 Å². The molecule has 0 N–H and O–H groups in total. The van der Waals surface area contributed by atoms with Crippen molar-refractivity contribution in [3.63, 3.8) is 0 Å². The zero-order valence-electron chi connectivity index (χ0n) is 8.53. The number of rotatable bonds is 1. The van der Waals surface area contributed by atoms with Crippen molar-refractivity contribution < 1.29 is 4.79 Å². The summed E-state index contributed by atoms with van der Waals surface area (Å²) in [5.74, 6) is 0.913. The van der Waals surface area contributed by atoms with Gasteiger partial charge in [0.2, 0.25) is 0 Å². The van der Waals surface area contributed by atoms with Crippen LogP contribution >= 0.6 is 0 Å². The minimum absolute atomic E-state index is 0.763. The molecule has 0 amide bonds. The maximum absolute atomic E-state index is 10.9. The second-order valence-corrected chi connectivity index (χ2v) is 3.54. The van der Waals surface area contributed by atoms with E-state index in [1.807, 2.05) is 37.4 Å². The summed E-state index contributed by atoms with van der Waals surface area (Å²) in [4.78, 5) is 15.2. The minimum Gasteiger partial charge on any atom is -0.304 e. The van der Waals surface area contributed by atoms with Crippen LogP contribution in [0.4, 0.5) is 0 Å². The van der Waals surface area contributed by atoms with Gasteiger partial charge in [0.15, 0.2) is 6.29 Å². The molecule has 0 aromatic carbocycles. The van der Waals surface area contributed by atoms with Gasteiger partial charge in [0.05, 0.1) is 5.52 Å². The molecule has 2 aromatic rings. The lowest BCUT2D eigenvalue weighted by Crippen LogP contribution is -1.96. The zero-order valence-corrected chi connectivity index (χ0v) is 8.53. The van der Waals surface area contributed by atoms with Gasteiger partial charge >= 0.3 is 0 Å². The Morgan fingerprint density at radius 2 is 2.07 bits per heavy atom. The number of aryl methyl sites for hydroxylation is 3. The number of carbonyl (C=O) groups is 1. The van der Waals surface area contributed by atoms with E-state index < -0.39 is 0 Å². The molecule has 14 heavy (non-hydrogen) atoms. The Labute approximate surface area is 82.4 Å². The van der Waals surface area contributed by atoms with Crippen LogP contribution in [0.2, 0.25) is 0 Å². The normalized spacial score (nSPS) is 10.8. The fourth-order valence-electron chi connectivity index (χ4n) is 1.77. The quantitative estimate of drug-likeness (QED) is 0.642. The molecule has 0 radical (unpaired) electrons. The van der Waals surface area contributed by atoms with Gasteiger partial charge in [-0.1, -0.05) is 0 Å². The van der Waals surface area contributed by atoms with Crippen molar-refractivity contribution in [3.05, 3.63) is 34.9 Å². The maximum Gasteiger partial charge on any atom is 0.152 e. The first kappa shape index (κ1) is 8.94. The molecule has 0 saturated heterocycles. The predicted molar refractivity (Wildman–Crippen MR) is 54.8 cm³/mol. The molecule has 0 atom stereocenters. The first-order valence-corrected chi connectivity index (χ1v) is 4.54. The summed E-state index contributed by atoms with van der Waals surface area (Å²) in [6.07, 6.45) is 2.85. The monoisotopic (exact) mass is 188 g/mol. The number of hydrogen-bond donors (Lipinski definition) is 0.